The Hall–Kier alpha value is -0.410. The lowest BCUT2D eigenvalue weighted by Crippen LogP contribution is -2.31. The Bertz CT molecular complexity index is 332. The van der Waals surface area contributed by atoms with E-state index in [0.717, 1.165) is 12.8 Å². The van der Waals surface area contributed by atoms with E-state index >= 15 is 0 Å². The molecular formula is C13H24N2S. The first kappa shape index (κ1) is 13.7. The van der Waals surface area contributed by atoms with Crippen molar-refractivity contribution < 1.29 is 0 Å². The van der Waals surface area contributed by atoms with Crippen molar-refractivity contribution in [1.82, 2.24) is 4.98 Å². The highest BCUT2D eigenvalue weighted by atomic mass is 32.1. The van der Waals surface area contributed by atoms with Crippen molar-refractivity contribution in [2.24, 2.45) is 11.1 Å². The first-order valence-corrected chi connectivity index (χ1v) is 6.83. The molecule has 0 radical (unpaired) electrons. The molecule has 1 atom stereocenters. The summed E-state index contributed by atoms with van der Waals surface area (Å²) in [5, 5.41) is 3.41. The molecule has 92 valence electrons. The molecule has 0 amide bonds. The lowest BCUT2D eigenvalue weighted by Gasteiger charge is -2.24. The van der Waals surface area contributed by atoms with Gasteiger partial charge in [0.1, 0.15) is 0 Å². The fourth-order valence-corrected chi connectivity index (χ4v) is 2.81. The summed E-state index contributed by atoms with van der Waals surface area (Å²) in [5.74, 6) is 0. The van der Waals surface area contributed by atoms with Gasteiger partial charge in [-0.3, -0.25) is 0 Å². The fourth-order valence-electron chi connectivity index (χ4n) is 1.55. The summed E-state index contributed by atoms with van der Waals surface area (Å²) in [7, 11) is 0. The Morgan fingerprint density at radius 3 is 2.38 bits per heavy atom. The van der Waals surface area contributed by atoms with Gasteiger partial charge in [-0.15, -0.1) is 11.3 Å². The number of nitrogens with zero attached hydrogens (tertiary/aromatic N) is 1. The van der Waals surface area contributed by atoms with Crippen LogP contribution in [-0.2, 0) is 11.8 Å². The number of thiazole rings is 1. The van der Waals surface area contributed by atoms with Crippen LogP contribution < -0.4 is 5.73 Å². The number of hydrogen-bond acceptors (Lipinski definition) is 3. The average molecular weight is 240 g/mol. The van der Waals surface area contributed by atoms with E-state index < -0.39 is 0 Å². The molecular weight excluding hydrogens is 216 g/mol. The SMILES string of the molecule is CCC(C)(CN)c1csc(CC(C)(C)C)n1. The van der Waals surface area contributed by atoms with E-state index in [9.17, 15) is 0 Å². The van der Waals surface area contributed by atoms with Crippen LogP contribution in [0.5, 0.6) is 0 Å². The molecule has 1 aromatic heterocycles. The van der Waals surface area contributed by atoms with Crippen molar-refractivity contribution in [3.63, 3.8) is 0 Å². The second-order valence-electron chi connectivity index (χ2n) is 5.98. The Balaban J connectivity index is 2.86. The van der Waals surface area contributed by atoms with E-state index in [2.05, 4.69) is 40.0 Å². The van der Waals surface area contributed by atoms with Crippen LogP contribution in [0.4, 0.5) is 0 Å². The van der Waals surface area contributed by atoms with Crippen LogP contribution in [0.15, 0.2) is 5.38 Å². The van der Waals surface area contributed by atoms with Crippen molar-refractivity contribution in [2.45, 2.75) is 52.9 Å². The molecule has 1 unspecified atom stereocenters. The first-order chi connectivity index (χ1) is 7.30. The Morgan fingerprint density at radius 2 is 1.94 bits per heavy atom. The van der Waals surface area contributed by atoms with Crippen molar-refractivity contribution in [2.75, 3.05) is 6.54 Å². The zero-order chi connectivity index (χ0) is 12.4. The van der Waals surface area contributed by atoms with Gasteiger partial charge < -0.3 is 5.73 Å². The summed E-state index contributed by atoms with van der Waals surface area (Å²) in [6.07, 6.45) is 2.09. The normalized spacial score (nSPS) is 16.1. The third-order valence-corrected chi connectivity index (χ3v) is 3.93. The van der Waals surface area contributed by atoms with Gasteiger partial charge in [0, 0.05) is 23.8 Å². The molecule has 0 aliphatic heterocycles. The van der Waals surface area contributed by atoms with Gasteiger partial charge in [-0.1, -0.05) is 34.6 Å². The lowest BCUT2D eigenvalue weighted by atomic mass is 9.85. The summed E-state index contributed by atoms with van der Waals surface area (Å²) in [6, 6.07) is 0. The Morgan fingerprint density at radius 1 is 1.31 bits per heavy atom. The number of hydrogen-bond donors (Lipinski definition) is 1. The smallest absolute Gasteiger partial charge is 0.0933 e. The van der Waals surface area contributed by atoms with Crippen LogP contribution in [0, 0.1) is 5.41 Å². The van der Waals surface area contributed by atoms with E-state index in [0.29, 0.717) is 12.0 Å². The van der Waals surface area contributed by atoms with Gasteiger partial charge in [-0.05, 0) is 11.8 Å². The van der Waals surface area contributed by atoms with Crippen LogP contribution in [0.25, 0.3) is 0 Å². The van der Waals surface area contributed by atoms with Gasteiger partial charge in [0.15, 0.2) is 0 Å². The molecule has 0 fully saturated rings. The fraction of sp³-hybridized carbons (Fsp3) is 0.769. The number of nitrogens with two attached hydrogens (primary N) is 1. The highest BCUT2D eigenvalue weighted by Crippen LogP contribution is 2.30. The van der Waals surface area contributed by atoms with E-state index in [-0.39, 0.29) is 5.41 Å². The molecule has 0 bridgehead atoms. The van der Waals surface area contributed by atoms with Crippen LogP contribution >= 0.6 is 11.3 Å². The summed E-state index contributed by atoms with van der Waals surface area (Å²) >= 11 is 1.77. The molecule has 0 aliphatic carbocycles. The molecule has 1 aromatic rings. The molecule has 3 heteroatoms. The monoisotopic (exact) mass is 240 g/mol. The second-order valence-corrected chi connectivity index (χ2v) is 6.92. The topological polar surface area (TPSA) is 38.9 Å². The Labute approximate surface area is 103 Å². The van der Waals surface area contributed by atoms with E-state index in [1.54, 1.807) is 11.3 Å². The maximum atomic E-state index is 5.85. The second kappa shape index (κ2) is 4.84. The highest BCUT2D eigenvalue weighted by Gasteiger charge is 2.26. The minimum Gasteiger partial charge on any atom is -0.330 e. The molecule has 0 saturated heterocycles. The molecule has 0 saturated carbocycles. The standard InChI is InChI=1S/C13H24N2S/c1-6-13(5,9-14)10-8-16-11(15-10)7-12(2,3)4/h8H,6-7,9,14H2,1-5H3. The third-order valence-electron chi connectivity index (χ3n) is 3.08. The molecule has 2 N–H and O–H groups in total. The minimum atomic E-state index is 0.0482. The molecule has 0 spiro atoms. The molecule has 0 aromatic carbocycles. The average Bonchev–Trinajstić information content (AvgIpc) is 2.63. The van der Waals surface area contributed by atoms with Gasteiger partial charge in [-0.25, -0.2) is 4.98 Å². The van der Waals surface area contributed by atoms with Crippen LogP contribution in [0.1, 0.15) is 51.7 Å². The molecule has 2 nitrogen and oxygen atoms in total. The molecule has 0 aliphatic rings. The Kier molecular flexibility index (Phi) is 4.13. The summed E-state index contributed by atoms with van der Waals surface area (Å²) in [6.45, 7) is 11.8. The van der Waals surface area contributed by atoms with E-state index in [1.165, 1.54) is 10.7 Å². The van der Waals surface area contributed by atoms with Gasteiger partial charge in [-0.2, -0.15) is 0 Å². The minimum absolute atomic E-state index is 0.0482. The van der Waals surface area contributed by atoms with Gasteiger partial charge in [0.2, 0.25) is 0 Å². The highest BCUT2D eigenvalue weighted by molar-refractivity contribution is 7.09. The molecule has 1 rings (SSSR count). The van der Waals surface area contributed by atoms with Crippen LogP contribution in [0.2, 0.25) is 0 Å². The number of rotatable bonds is 4. The van der Waals surface area contributed by atoms with Crippen LogP contribution in [-0.4, -0.2) is 11.5 Å². The van der Waals surface area contributed by atoms with Crippen LogP contribution in [0.3, 0.4) is 0 Å². The van der Waals surface area contributed by atoms with Crippen molar-refractivity contribution >= 4 is 11.3 Å². The van der Waals surface area contributed by atoms with Gasteiger partial charge >= 0.3 is 0 Å². The molecule has 1 heterocycles. The van der Waals surface area contributed by atoms with Gasteiger partial charge in [0.05, 0.1) is 10.7 Å². The first-order valence-electron chi connectivity index (χ1n) is 5.96. The van der Waals surface area contributed by atoms with E-state index in [4.69, 9.17) is 10.7 Å². The predicted molar refractivity (Wildman–Crippen MR) is 72.0 cm³/mol. The molecule has 16 heavy (non-hydrogen) atoms. The summed E-state index contributed by atoms with van der Waals surface area (Å²) in [5.41, 5.74) is 7.37. The van der Waals surface area contributed by atoms with Crippen molar-refractivity contribution in [3.05, 3.63) is 16.1 Å². The third kappa shape index (κ3) is 3.29. The predicted octanol–water partition coefficient (Wildman–Crippen LogP) is 3.36. The maximum absolute atomic E-state index is 5.85. The summed E-state index contributed by atoms with van der Waals surface area (Å²) < 4.78 is 0. The zero-order valence-corrected chi connectivity index (χ0v) is 11.9. The largest absolute Gasteiger partial charge is 0.330 e. The van der Waals surface area contributed by atoms with Crippen molar-refractivity contribution in [3.8, 4) is 0 Å². The maximum Gasteiger partial charge on any atom is 0.0933 e. The zero-order valence-electron chi connectivity index (χ0n) is 11.1. The van der Waals surface area contributed by atoms with Crippen molar-refractivity contribution in [1.29, 1.82) is 0 Å². The lowest BCUT2D eigenvalue weighted by molar-refractivity contribution is 0.406. The number of aromatic nitrogens is 1. The quantitative estimate of drug-likeness (QED) is 0.876. The summed E-state index contributed by atoms with van der Waals surface area (Å²) in [4.78, 5) is 4.75. The van der Waals surface area contributed by atoms with E-state index in [1.807, 2.05) is 0 Å². The van der Waals surface area contributed by atoms with Gasteiger partial charge in [0.25, 0.3) is 0 Å².